The Balaban J connectivity index is 2.12. The third-order valence-corrected chi connectivity index (χ3v) is 3.91. The van der Waals surface area contributed by atoms with Crippen molar-refractivity contribution in [1.29, 1.82) is 0 Å². The summed E-state index contributed by atoms with van der Waals surface area (Å²) in [6.07, 6.45) is 0. The molecule has 19 heavy (non-hydrogen) atoms. The van der Waals surface area contributed by atoms with Crippen LogP contribution in [0.5, 0.6) is 0 Å². The van der Waals surface area contributed by atoms with Crippen molar-refractivity contribution in [3.8, 4) is 0 Å². The summed E-state index contributed by atoms with van der Waals surface area (Å²) in [6.45, 7) is 0.144. The van der Waals surface area contributed by atoms with Crippen LogP contribution in [-0.2, 0) is 6.54 Å². The van der Waals surface area contributed by atoms with Crippen molar-refractivity contribution in [2.24, 2.45) is 0 Å². The Morgan fingerprint density at radius 3 is 2.37 bits per heavy atom. The van der Waals surface area contributed by atoms with Crippen LogP contribution in [-0.4, -0.2) is 5.91 Å². The molecule has 2 rings (SSSR count). The molecule has 100 valence electrons. The molecule has 0 fully saturated rings. The number of rotatable bonds is 3. The van der Waals surface area contributed by atoms with E-state index in [4.69, 9.17) is 0 Å². The lowest BCUT2D eigenvalue weighted by Crippen LogP contribution is -2.24. The topological polar surface area (TPSA) is 29.1 Å². The van der Waals surface area contributed by atoms with Gasteiger partial charge in [-0.3, -0.25) is 4.79 Å². The van der Waals surface area contributed by atoms with Gasteiger partial charge in [-0.2, -0.15) is 0 Å². The maximum absolute atomic E-state index is 13.3. The minimum atomic E-state index is -1.22. The second-order valence-electron chi connectivity index (χ2n) is 3.63. The summed E-state index contributed by atoms with van der Waals surface area (Å²) in [5.41, 5.74) is -0.781. The van der Waals surface area contributed by atoms with Crippen LogP contribution in [0.2, 0.25) is 0 Å². The second-order valence-corrected chi connectivity index (χ2v) is 6.18. The highest BCUT2D eigenvalue weighted by Crippen LogP contribution is 2.22. The van der Waals surface area contributed by atoms with Gasteiger partial charge < -0.3 is 5.32 Å². The number of nitrogens with one attached hydrogen (secondary N) is 1. The zero-order valence-corrected chi connectivity index (χ0v) is 11.7. The molecule has 0 aliphatic rings. The second kappa shape index (κ2) is 5.75. The minimum absolute atomic E-state index is 0.144. The Kier molecular flexibility index (Phi) is 4.26. The molecule has 2 aromatic rings. The highest BCUT2D eigenvalue weighted by atomic mass is 79.9. The van der Waals surface area contributed by atoms with Crippen LogP contribution in [0, 0.1) is 17.5 Å². The van der Waals surface area contributed by atoms with Crippen molar-refractivity contribution in [2.75, 3.05) is 0 Å². The molecule has 0 bridgehead atoms. The van der Waals surface area contributed by atoms with Gasteiger partial charge in [-0.05, 0) is 28.1 Å². The molecule has 0 atom stereocenters. The first-order valence-corrected chi connectivity index (χ1v) is 6.75. The van der Waals surface area contributed by atoms with Crippen molar-refractivity contribution < 1.29 is 18.0 Å². The number of carbonyl (C=O) groups excluding carboxylic acids is 1. The molecule has 1 N–H and O–H groups in total. The number of halogens is 4. The Hall–Kier alpha value is -1.34. The van der Waals surface area contributed by atoms with Gasteiger partial charge >= 0.3 is 0 Å². The first-order chi connectivity index (χ1) is 8.97. The highest BCUT2D eigenvalue weighted by molar-refractivity contribution is 9.11. The molecule has 1 aromatic heterocycles. The van der Waals surface area contributed by atoms with Crippen LogP contribution in [0.3, 0.4) is 0 Å². The quantitative estimate of drug-likeness (QED) is 0.895. The Morgan fingerprint density at radius 2 is 1.84 bits per heavy atom. The van der Waals surface area contributed by atoms with Gasteiger partial charge in [-0.15, -0.1) is 11.3 Å². The van der Waals surface area contributed by atoms with Crippen molar-refractivity contribution in [1.82, 2.24) is 5.32 Å². The maximum atomic E-state index is 13.3. The summed E-state index contributed by atoms with van der Waals surface area (Å²) >= 11 is 4.65. The molecule has 0 spiro atoms. The average molecular weight is 350 g/mol. The van der Waals surface area contributed by atoms with E-state index in [1.165, 1.54) is 11.3 Å². The van der Waals surface area contributed by atoms with Crippen LogP contribution in [0.15, 0.2) is 28.1 Å². The van der Waals surface area contributed by atoms with Gasteiger partial charge in [0.05, 0.1) is 10.3 Å². The number of carbonyl (C=O) groups is 1. The molecule has 0 aliphatic heterocycles. The SMILES string of the molecule is O=C(NCc1ccc(Br)s1)c1c(F)cc(F)cc1F. The third-order valence-electron chi connectivity index (χ3n) is 2.29. The molecule has 0 unspecified atom stereocenters. The van der Waals surface area contributed by atoms with E-state index in [0.29, 0.717) is 12.1 Å². The van der Waals surface area contributed by atoms with E-state index in [9.17, 15) is 18.0 Å². The molecule has 0 radical (unpaired) electrons. The molecular weight excluding hydrogens is 343 g/mol. The average Bonchev–Trinajstić information content (AvgIpc) is 2.71. The zero-order valence-electron chi connectivity index (χ0n) is 9.34. The van der Waals surface area contributed by atoms with Crippen molar-refractivity contribution in [3.63, 3.8) is 0 Å². The van der Waals surface area contributed by atoms with Crippen LogP contribution in [0.1, 0.15) is 15.2 Å². The summed E-state index contributed by atoms with van der Waals surface area (Å²) in [7, 11) is 0. The number of amides is 1. The number of hydrogen-bond donors (Lipinski definition) is 1. The monoisotopic (exact) mass is 349 g/mol. The summed E-state index contributed by atoms with van der Waals surface area (Å²) in [4.78, 5) is 12.5. The molecular formula is C12H7BrF3NOS. The fourth-order valence-electron chi connectivity index (χ4n) is 1.46. The number of thiophene rings is 1. The fourth-order valence-corrected chi connectivity index (χ4v) is 2.88. The van der Waals surface area contributed by atoms with E-state index in [0.717, 1.165) is 8.66 Å². The maximum Gasteiger partial charge on any atom is 0.257 e. The minimum Gasteiger partial charge on any atom is -0.347 e. The lowest BCUT2D eigenvalue weighted by atomic mass is 10.2. The highest BCUT2D eigenvalue weighted by Gasteiger charge is 2.18. The van der Waals surface area contributed by atoms with Gasteiger partial charge in [0.2, 0.25) is 0 Å². The summed E-state index contributed by atoms with van der Waals surface area (Å²) < 4.78 is 40.3. The normalized spacial score (nSPS) is 10.5. The van der Waals surface area contributed by atoms with Crippen LogP contribution < -0.4 is 5.32 Å². The molecule has 1 amide bonds. The molecule has 1 aromatic carbocycles. The molecule has 0 aliphatic carbocycles. The van der Waals surface area contributed by atoms with Gasteiger partial charge in [0.25, 0.3) is 5.91 Å². The molecule has 0 saturated carbocycles. The predicted molar refractivity (Wildman–Crippen MR) is 69.5 cm³/mol. The number of benzene rings is 1. The smallest absolute Gasteiger partial charge is 0.257 e. The Bertz CT molecular complexity index is 606. The van der Waals surface area contributed by atoms with E-state index in [2.05, 4.69) is 21.2 Å². The molecule has 0 saturated heterocycles. The van der Waals surface area contributed by atoms with E-state index in [-0.39, 0.29) is 6.54 Å². The largest absolute Gasteiger partial charge is 0.347 e. The van der Waals surface area contributed by atoms with Gasteiger partial charge in [0.1, 0.15) is 23.0 Å². The van der Waals surface area contributed by atoms with E-state index in [1.807, 2.05) is 0 Å². The lowest BCUT2D eigenvalue weighted by molar-refractivity contribution is 0.0942. The van der Waals surface area contributed by atoms with Gasteiger partial charge in [0, 0.05) is 17.0 Å². The fraction of sp³-hybridized carbons (Fsp3) is 0.0833. The zero-order chi connectivity index (χ0) is 14.0. The van der Waals surface area contributed by atoms with Gasteiger partial charge in [0.15, 0.2) is 0 Å². The van der Waals surface area contributed by atoms with E-state index < -0.39 is 28.9 Å². The van der Waals surface area contributed by atoms with Crippen LogP contribution in [0.4, 0.5) is 13.2 Å². The third kappa shape index (κ3) is 3.36. The molecule has 2 nitrogen and oxygen atoms in total. The van der Waals surface area contributed by atoms with Crippen molar-refractivity contribution >= 4 is 33.2 Å². The van der Waals surface area contributed by atoms with Gasteiger partial charge in [-0.1, -0.05) is 0 Å². The molecule has 1 heterocycles. The van der Waals surface area contributed by atoms with E-state index in [1.54, 1.807) is 12.1 Å². The van der Waals surface area contributed by atoms with E-state index >= 15 is 0 Å². The van der Waals surface area contributed by atoms with Crippen molar-refractivity contribution in [3.05, 3.63) is 55.9 Å². The summed E-state index contributed by atoms with van der Waals surface area (Å²) in [5.74, 6) is -4.42. The standard InChI is InChI=1S/C12H7BrF3NOS/c13-10-2-1-7(19-10)5-17-12(18)11-8(15)3-6(14)4-9(11)16/h1-4H,5H2,(H,17,18). The lowest BCUT2D eigenvalue weighted by Gasteiger charge is -2.06. The van der Waals surface area contributed by atoms with Crippen LogP contribution >= 0.6 is 27.3 Å². The molecule has 7 heteroatoms. The summed E-state index contributed by atoms with van der Waals surface area (Å²) in [6, 6.07) is 4.51. The number of hydrogen-bond acceptors (Lipinski definition) is 2. The Morgan fingerprint density at radius 1 is 1.21 bits per heavy atom. The summed E-state index contributed by atoms with van der Waals surface area (Å²) in [5, 5.41) is 2.38. The van der Waals surface area contributed by atoms with Crippen molar-refractivity contribution in [2.45, 2.75) is 6.54 Å². The first-order valence-electron chi connectivity index (χ1n) is 5.14. The Labute approximate surface area is 119 Å². The van der Waals surface area contributed by atoms with Crippen LogP contribution in [0.25, 0.3) is 0 Å². The first kappa shape index (κ1) is 14.1. The van der Waals surface area contributed by atoms with Gasteiger partial charge in [-0.25, -0.2) is 13.2 Å². The predicted octanol–water partition coefficient (Wildman–Crippen LogP) is 3.86.